The number of Topliss-reactive ketones (excluding diaryl/α,β-unsaturated/α-hetero) is 1. The Hall–Kier alpha value is -1.96. The van der Waals surface area contributed by atoms with Crippen LogP contribution in [0.4, 0.5) is 10.1 Å². The van der Waals surface area contributed by atoms with Crippen molar-refractivity contribution in [1.82, 2.24) is 0 Å². The van der Waals surface area contributed by atoms with Crippen molar-refractivity contribution in [3.05, 3.63) is 57.4 Å². The maximum absolute atomic E-state index is 13.1. The van der Waals surface area contributed by atoms with Gasteiger partial charge < -0.3 is 10.1 Å². The van der Waals surface area contributed by atoms with E-state index in [-0.39, 0.29) is 29.6 Å². The van der Waals surface area contributed by atoms with Crippen LogP contribution in [0.3, 0.4) is 0 Å². The molecule has 1 amide bonds. The molecule has 2 aromatic rings. The van der Waals surface area contributed by atoms with Crippen LogP contribution in [-0.4, -0.2) is 18.3 Å². The van der Waals surface area contributed by atoms with E-state index in [9.17, 15) is 14.0 Å². The summed E-state index contributed by atoms with van der Waals surface area (Å²) in [6.45, 7) is 1.05. The topological polar surface area (TPSA) is 55.4 Å². The summed E-state index contributed by atoms with van der Waals surface area (Å²) in [6, 6.07) is 10.9. The summed E-state index contributed by atoms with van der Waals surface area (Å²) < 4.78 is 19.5. The van der Waals surface area contributed by atoms with Crippen LogP contribution in [0.5, 0.6) is 5.75 Å². The zero-order chi connectivity index (χ0) is 16.1. The molecule has 0 spiro atoms. The van der Waals surface area contributed by atoms with Gasteiger partial charge in [0.1, 0.15) is 11.6 Å². The van der Waals surface area contributed by atoms with Gasteiger partial charge in [-0.25, -0.2) is 4.39 Å². The molecule has 2 aromatic carbocycles. The predicted octanol–water partition coefficient (Wildman–Crippen LogP) is 3.65. The first-order chi connectivity index (χ1) is 10.5. The highest BCUT2D eigenvalue weighted by Crippen LogP contribution is 2.20. The highest BCUT2D eigenvalue weighted by atomic mass is 127. The molecule has 0 heterocycles. The Morgan fingerprint density at radius 1 is 1.18 bits per heavy atom. The molecule has 0 fully saturated rings. The fraction of sp³-hybridized carbons (Fsp3) is 0.125. The molecule has 0 aliphatic heterocycles. The average Bonchev–Trinajstić information content (AvgIpc) is 2.48. The summed E-state index contributed by atoms with van der Waals surface area (Å²) in [5.41, 5.74) is 0.766. The van der Waals surface area contributed by atoms with Crippen molar-refractivity contribution in [2.24, 2.45) is 0 Å². The zero-order valence-corrected chi connectivity index (χ0v) is 13.9. The molecule has 1 N–H and O–H groups in total. The van der Waals surface area contributed by atoms with Crippen LogP contribution in [0, 0.1) is 9.39 Å². The second-order valence-corrected chi connectivity index (χ2v) is 5.79. The second-order valence-electron chi connectivity index (χ2n) is 4.54. The predicted molar refractivity (Wildman–Crippen MR) is 89.7 cm³/mol. The van der Waals surface area contributed by atoms with E-state index in [1.54, 1.807) is 12.1 Å². The molecule has 0 radical (unpaired) electrons. The number of carbonyl (C=O) groups is 2. The van der Waals surface area contributed by atoms with Crippen LogP contribution >= 0.6 is 22.6 Å². The molecule has 0 saturated heterocycles. The van der Waals surface area contributed by atoms with Crippen LogP contribution in [0.2, 0.25) is 0 Å². The van der Waals surface area contributed by atoms with Gasteiger partial charge in [-0.05, 0) is 72.0 Å². The Morgan fingerprint density at radius 2 is 1.86 bits per heavy atom. The number of anilines is 1. The summed E-state index contributed by atoms with van der Waals surface area (Å²) in [7, 11) is 0. The lowest BCUT2D eigenvalue weighted by molar-refractivity contribution is -0.118. The maximum Gasteiger partial charge on any atom is 0.262 e. The van der Waals surface area contributed by atoms with Crippen molar-refractivity contribution in [2.75, 3.05) is 11.9 Å². The molecule has 0 saturated carbocycles. The van der Waals surface area contributed by atoms with E-state index in [0.717, 1.165) is 9.64 Å². The van der Waals surface area contributed by atoms with Crippen LogP contribution in [0.15, 0.2) is 42.5 Å². The summed E-state index contributed by atoms with van der Waals surface area (Å²) in [6.07, 6.45) is 0. The SMILES string of the molecule is CC(=O)c1cc(F)ccc1OCC(=O)Nc1ccc(I)cc1. The molecule has 6 heteroatoms. The molecular weight excluding hydrogens is 400 g/mol. The van der Waals surface area contributed by atoms with Gasteiger partial charge in [-0.2, -0.15) is 0 Å². The molecule has 22 heavy (non-hydrogen) atoms. The standard InChI is InChI=1S/C16H13FINO3/c1-10(20)14-8-11(17)2-7-15(14)22-9-16(21)19-13-5-3-12(18)4-6-13/h2-8H,9H2,1H3,(H,19,21). The van der Waals surface area contributed by atoms with Gasteiger partial charge in [-0.15, -0.1) is 0 Å². The number of amides is 1. The third kappa shape index (κ3) is 4.52. The third-order valence-electron chi connectivity index (χ3n) is 2.81. The Morgan fingerprint density at radius 3 is 2.50 bits per heavy atom. The minimum absolute atomic E-state index is 0.113. The molecule has 114 valence electrons. The first-order valence-electron chi connectivity index (χ1n) is 6.44. The number of benzene rings is 2. The molecule has 0 unspecified atom stereocenters. The lowest BCUT2D eigenvalue weighted by Gasteiger charge is -2.10. The number of hydrogen-bond donors (Lipinski definition) is 1. The minimum atomic E-state index is -0.527. The van der Waals surface area contributed by atoms with Gasteiger partial charge in [0.15, 0.2) is 12.4 Å². The fourth-order valence-corrected chi connectivity index (χ4v) is 2.14. The Balaban J connectivity index is 1.99. The van der Waals surface area contributed by atoms with Gasteiger partial charge in [0, 0.05) is 9.26 Å². The summed E-state index contributed by atoms with van der Waals surface area (Å²) in [4.78, 5) is 23.3. The van der Waals surface area contributed by atoms with E-state index in [2.05, 4.69) is 27.9 Å². The molecule has 2 rings (SSSR count). The summed E-state index contributed by atoms with van der Waals surface area (Å²) in [5, 5.41) is 2.67. The Kier molecular flexibility index (Phi) is 5.48. The maximum atomic E-state index is 13.1. The molecule has 0 aromatic heterocycles. The number of nitrogens with one attached hydrogen (secondary N) is 1. The Labute approximate surface area is 140 Å². The molecule has 0 aliphatic rings. The van der Waals surface area contributed by atoms with E-state index >= 15 is 0 Å². The monoisotopic (exact) mass is 413 g/mol. The normalized spacial score (nSPS) is 10.1. The number of carbonyl (C=O) groups excluding carboxylic acids is 2. The van der Waals surface area contributed by atoms with Gasteiger partial charge in [0.2, 0.25) is 0 Å². The van der Waals surface area contributed by atoms with Crippen molar-refractivity contribution in [2.45, 2.75) is 6.92 Å². The van der Waals surface area contributed by atoms with Crippen molar-refractivity contribution < 1.29 is 18.7 Å². The number of ketones is 1. The Bertz CT molecular complexity index is 701. The van der Waals surface area contributed by atoms with Crippen LogP contribution in [-0.2, 0) is 4.79 Å². The van der Waals surface area contributed by atoms with Crippen molar-refractivity contribution in [3.8, 4) is 5.75 Å². The minimum Gasteiger partial charge on any atom is -0.483 e. The first kappa shape index (κ1) is 16.4. The van der Waals surface area contributed by atoms with E-state index in [1.165, 1.54) is 19.1 Å². The van der Waals surface area contributed by atoms with Crippen LogP contribution in [0.25, 0.3) is 0 Å². The second kappa shape index (κ2) is 7.35. The highest BCUT2D eigenvalue weighted by Gasteiger charge is 2.11. The molecule has 0 atom stereocenters. The summed E-state index contributed by atoms with van der Waals surface area (Å²) >= 11 is 2.17. The van der Waals surface area contributed by atoms with E-state index in [1.807, 2.05) is 12.1 Å². The smallest absolute Gasteiger partial charge is 0.262 e. The number of hydrogen-bond acceptors (Lipinski definition) is 3. The highest BCUT2D eigenvalue weighted by molar-refractivity contribution is 14.1. The number of rotatable bonds is 5. The average molecular weight is 413 g/mol. The lowest BCUT2D eigenvalue weighted by Crippen LogP contribution is -2.20. The zero-order valence-electron chi connectivity index (χ0n) is 11.7. The van der Waals surface area contributed by atoms with Gasteiger partial charge in [-0.1, -0.05) is 0 Å². The molecular formula is C16H13FINO3. The van der Waals surface area contributed by atoms with Gasteiger partial charge in [-0.3, -0.25) is 9.59 Å². The van der Waals surface area contributed by atoms with Crippen molar-refractivity contribution >= 4 is 40.0 Å². The van der Waals surface area contributed by atoms with Crippen molar-refractivity contribution in [1.29, 1.82) is 0 Å². The fourth-order valence-electron chi connectivity index (χ4n) is 1.78. The van der Waals surface area contributed by atoms with Gasteiger partial charge in [0.25, 0.3) is 5.91 Å². The third-order valence-corrected chi connectivity index (χ3v) is 3.53. The van der Waals surface area contributed by atoms with Crippen LogP contribution in [0.1, 0.15) is 17.3 Å². The number of halogens is 2. The van der Waals surface area contributed by atoms with E-state index in [0.29, 0.717) is 5.69 Å². The van der Waals surface area contributed by atoms with E-state index in [4.69, 9.17) is 4.74 Å². The number of ether oxygens (including phenoxy) is 1. The van der Waals surface area contributed by atoms with Crippen molar-refractivity contribution in [3.63, 3.8) is 0 Å². The lowest BCUT2D eigenvalue weighted by atomic mass is 10.1. The van der Waals surface area contributed by atoms with Gasteiger partial charge in [0.05, 0.1) is 5.56 Å². The van der Waals surface area contributed by atoms with E-state index < -0.39 is 5.82 Å². The summed E-state index contributed by atoms with van der Waals surface area (Å²) in [5.74, 6) is -1.03. The van der Waals surface area contributed by atoms with Crippen LogP contribution < -0.4 is 10.1 Å². The molecule has 0 bridgehead atoms. The quantitative estimate of drug-likeness (QED) is 0.602. The van der Waals surface area contributed by atoms with Gasteiger partial charge >= 0.3 is 0 Å². The molecule has 0 aliphatic carbocycles. The largest absolute Gasteiger partial charge is 0.483 e. The molecule has 4 nitrogen and oxygen atoms in total. The first-order valence-corrected chi connectivity index (χ1v) is 7.52.